The van der Waals surface area contributed by atoms with Crippen molar-refractivity contribution < 1.29 is 9.21 Å². The third-order valence-electron chi connectivity index (χ3n) is 6.09. The maximum atomic E-state index is 12.6. The number of aromatic nitrogens is 1. The van der Waals surface area contributed by atoms with E-state index in [9.17, 15) is 14.9 Å². The molecule has 0 bridgehead atoms. The van der Waals surface area contributed by atoms with Gasteiger partial charge in [-0.1, -0.05) is 30.3 Å². The molecule has 7 nitrogen and oxygen atoms in total. The summed E-state index contributed by atoms with van der Waals surface area (Å²) in [6, 6.07) is 15.3. The number of rotatable bonds is 5. The van der Waals surface area contributed by atoms with Crippen LogP contribution in [0.5, 0.6) is 0 Å². The monoisotopic (exact) mass is 418 g/mol. The molecular weight excluding hydrogens is 392 g/mol. The van der Waals surface area contributed by atoms with E-state index in [1.54, 1.807) is 13.1 Å². The number of amides is 1. The van der Waals surface area contributed by atoms with Crippen molar-refractivity contribution >= 4 is 17.0 Å². The number of aryl methyl sites for hydroxylation is 1. The molecule has 1 aliphatic heterocycles. The molecule has 7 heteroatoms. The minimum atomic E-state index is -0.565. The summed E-state index contributed by atoms with van der Waals surface area (Å²) in [4.78, 5) is 24.3. The molecule has 3 atom stereocenters. The number of oxazole rings is 1. The van der Waals surface area contributed by atoms with E-state index in [2.05, 4.69) is 16.7 Å². The van der Waals surface area contributed by atoms with Crippen LogP contribution in [0, 0.1) is 17.2 Å². The summed E-state index contributed by atoms with van der Waals surface area (Å²) in [5.41, 5.74) is 4.24. The second kappa shape index (κ2) is 8.78. The number of carbonyl (C=O) groups excluding carboxylic acids is 1. The summed E-state index contributed by atoms with van der Waals surface area (Å²) in [6.07, 6.45) is 2.27. The zero-order valence-corrected chi connectivity index (χ0v) is 17.7. The Bertz CT molecular complexity index is 1190. The van der Waals surface area contributed by atoms with Gasteiger partial charge >= 0.3 is 5.76 Å². The van der Waals surface area contributed by atoms with E-state index in [-0.39, 0.29) is 23.6 Å². The highest BCUT2D eigenvalue weighted by atomic mass is 16.4. The summed E-state index contributed by atoms with van der Waals surface area (Å²) in [5, 5.41) is 15.8. The second-order valence-electron chi connectivity index (χ2n) is 8.19. The van der Waals surface area contributed by atoms with Crippen LogP contribution in [-0.2, 0) is 18.3 Å². The van der Waals surface area contributed by atoms with E-state index < -0.39 is 6.04 Å². The lowest BCUT2D eigenvalue weighted by molar-refractivity contribution is -0.126. The minimum Gasteiger partial charge on any atom is -0.408 e. The molecular formula is C24H26N4O3. The molecule has 1 fully saturated rings. The van der Waals surface area contributed by atoms with Crippen LogP contribution < -0.4 is 16.4 Å². The van der Waals surface area contributed by atoms with Crippen LogP contribution in [-0.4, -0.2) is 29.1 Å². The molecule has 1 aliphatic rings. The number of nitrogens with one attached hydrogen (secondary N) is 2. The molecule has 0 aliphatic carbocycles. The summed E-state index contributed by atoms with van der Waals surface area (Å²) in [6.45, 7) is 2.95. The lowest BCUT2D eigenvalue weighted by Gasteiger charge is -2.29. The standard InChI is InChI=1S/C24H26N4O3/c1-15-20(4-3-11-26-15)23(29)27-19(14-25)12-16-5-7-17(8-6-16)18-9-10-22-21(13-18)28(2)24(30)31-22/h5-10,13,15,19-20,26H,3-4,11-12H2,1-2H3,(H,27,29)/t15-,19+,20-/m1/s1. The fraction of sp³-hybridized carbons (Fsp3) is 0.375. The number of carbonyl (C=O) groups is 1. The summed E-state index contributed by atoms with van der Waals surface area (Å²) >= 11 is 0. The van der Waals surface area contributed by atoms with E-state index in [1.807, 2.05) is 43.3 Å². The zero-order chi connectivity index (χ0) is 22.0. The SMILES string of the molecule is C[C@H]1NCCC[C@H]1C(=O)N[C@H](C#N)Cc1ccc(-c2ccc3oc(=O)n(C)c3c2)cc1. The normalized spacial score (nSPS) is 19.6. The molecule has 4 rings (SSSR count). The first-order valence-electron chi connectivity index (χ1n) is 10.6. The maximum absolute atomic E-state index is 12.6. The Kier molecular flexibility index (Phi) is 5.92. The van der Waals surface area contributed by atoms with Gasteiger partial charge in [0.1, 0.15) is 6.04 Å². The number of nitriles is 1. The quantitative estimate of drug-likeness (QED) is 0.664. The van der Waals surface area contributed by atoms with E-state index in [0.29, 0.717) is 12.0 Å². The molecule has 2 heterocycles. The summed E-state index contributed by atoms with van der Waals surface area (Å²) in [7, 11) is 1.68. The lowest BCUT2D eigenvalue weighted by atomic mass is 9.91. The molecule has 2 N–H and O–H groups in total. The molecule has 2 aromatic carbocycles. The predicted octanol–water partition coefficient (Wildman–Crippen LogP) is 2.74. The number of fused-ring (bicyclic) bond motifs is 1. The Morgan fingerprint density at radius 3 is 2.74 bits per heavy atom. The Morgan fingerprint density at radius 2 is 2.03 bits per heavy atom. The maximum Gasteiger partial charge on any atom is 0.419 e. The lowest BCUT2D eigenvalue weighted by Crippen LogP contribution is -2.49. The smallest absolute Gasteiger partial charge is 0.408 e. The third-order valence-corrected chi connectivity index (χ3v) is 6.09. The zero-order valence-electron chi connectivity index (χ0n) is 17.7. The molecule has 0 saturated carbocycles. The van der Waals surface area contributed by atoms with Gasteiger partial charge in [0.25, 0.3) is 0 Å². The molecule has 1 saturated heterocycles. The molecule has 3 aromatic rings. The van der Waals surface area contributed by atoms with E-state index in [1.165, 1.54) is 4.57 Å². The van der Waals surface area contributed by atoms with Crippen LogP contribution in [0.1, 0.15) is 25.3 Å². The number of benzene rings is 2. The van der Waals surface area contributed by atoms with Crippen molar-refractivity contribution in [3.63, 3.8) is 0 Å². The van der Waals surface area contributed by atoms with Gasteiger partial charge in [-0.15, -0.1) is 0 Å². The fourth-order valence-corrected chi connectivity index (χ4v) is 4.19. The second-order valence-corrected chi connectivity index (χ2v) is 8.19. The fourth-order valence-electron chi connectivity index (χ4n) is 4.19. The van der Waals surface area contributed by atoms with E-state index in [0.717, 1.165) is 41.6 Å². The van der Waals surface area contributed by atoms with Gasteiger partial charge < -0.3 is 15.1 Å². The van der Waals surface area contributed by atoms with Gasteiger partial charge in [0, 0.05) is 19.5 Å². The van der Waals surface area contributed by atoms with Crippen LogP contribution in [0.3, 0.4) is 0 Å². The van der Waals surface area contributed by atoms with Crippen molar-refractivity contribution in [2.75, 3.05) is 6.54 Å². The Hall–Kier alpha value is -3.37. The van der Waals surface area contributed by atoms with Crippen molar-refractivity contribution in [1.29, 1.82) is 5.26 Å². The van der Waals surface area contributed by atoms with Gasteiger partial charge in [0.05, 0.1) is 17.5 Å². The Balaban J connectivity index is 1.45. The molecule has 0 unspecified atom stereocenters. The molecule has 0 radical (unpaired) electrons. The van der Waals surface area contributed by atoms with Crippen LogP contribution >= 0.6 is 0 Å². The Labute approximate surface area is 180 Å². The van der Waals surface area contributed by atoms with Crippen molar-refractivity contribution in [1.82, 2.24) is 15.2 Å². The van der Waals surface area contributed by atoms with Gasteiger partial charge in [0.15, 0.2) is 5.58 Å². The largest absolute Gasteiger partial charge is 0.419 e. The average Bonchev–Trinajstić information content (AvgIpc) is 3.07. The first-order chi connectivity index (χ1) is 15.0. The highest BCUT2D eigenvalue weighted by Crippen LogP contribution is 2.24. The van der Waals surface area contributed by atoms with Gasteiger partial charge in [-0.3, -0.25) is 9.36 Å². The van der Waals surface area contributed by atoms with Crippen molar-refractivity contribution in [3.8, 4) is 17.2 Å². The van der Waals surface area contributed by atoms with Crippen molar-refractivity contribution in [2.45, 2.75) is 38.3 Å². The number of hydrogen-bond donors (Lipinski definition) is 2. The predicted molar refractivity (Wildman–Crippen MR) is 118 cm³/mol. The van der Waals surface area contributed by atoms with Gasteiger partial charge in [0.2, 0.25) is 5.91 Å². The summed E-state index contributed by atoms with van der Waals surface area (Å²) in [5.74, 6) is -0.534. The van der Waals surface area contributed by atoms with Crippen molar-refractivity contribution in [2.24, 2.45) is 13.0 Å². The van der Waals surface area contributed by atoms with Gasteiger partial charge in [-0.25, -0.2) is 4.79 Å². The molecule has 1 aromatic heterocycles. The summed E-state index contributed by atoms with van der Waals surface area (Å²) < 4.78 is 6.67. The van der Waals surface area contributed by atoms with Crippen LogP contribution in [0.2, 0.25) is 0 Å². The van der Waals surface area contributed by atoms with Gasteiger partial charge in [-0.2, -0.15) is 5.26 Å². The highest BCUT2D eigenvalue weighted by molar-refractivity contribution is 5.81. The number of nitrogens with zero attached hydrogens (tertiary/aromatic N) is 2. The van der Waals surface area contributed by atoms with Crippen LogP contribution in [0.15, 0.2) is 51.7 Å². The molecule has 31 heavy (non-hydrogen) atoms. The first kappa shape index (κ1) is 20.9. The van der Waals surface area contributed by atoms with E-state index >= 15 is 0 Å². The first-order valence-corrected chi connectivity index (χ1v) is 10.6. The van der Waals surface area contributed by atoms with Crippen LogP contribution in [0.4, 0.5) is 0 Å². The average molecular weight is 418 g/mol. The van der Waals surface area contributed by atoms with E-state index in [4.69, 9.17) is 4.42 Å². The van der Waals surface area contributed by atoms with Crippen molar-refractivity contribution in [3.05, 3.63) is 58.6 Å². The van der Waals surface area contributed by atoms with Gasteiger partial charge in [-0.05, 0) is 55.1 Å². The molecule has 0 spiro atoms. The number of hydrogen-bond acceptors (Lipinski definition) is 5. The highest BCUT2D eigenvalue weighted by Gasteiger charge is 2.28. The Morgan fingerprint density at radius 1 is 1.29 bits per heavy atom. The minimum absolute atomic E-state index is 0.0538. The molecule has 160 valence electrons. The molecule has 1 amide bonds. The van der Waals surface area contributed by atoms with Crippen LogP contribution in [0.25, 0.3) is 22.2 Å². The number of piperidine rings is 1. The topological polar surface area (TPSA) is 100 Å². The third kappa shape index (κ3) is 4.39.